The Morgan fingerprint density at radius 1 is 0.682 bits per heavy atom. The van der Waals surface area contributed by atoms with Gasteiger partial charge in [-0.15, -0.1) is 0 Å². The van der Waals surface area contributed by atoms with Crippen molar-refractivity contribution in [2.45, 2.75) is 82.3 Å². The van der Waals surface area contributed by atoms with Crippen LogP contribution in [0, 0.1) is 0 Å². The fraction of sp³-hybridized carbons (Fsp3) is 1.00. The first-order valence-electron chi connectivity index (χ1n) is 8.60. The summed E-state index contributed by atoms with van der Waals surface area (Å²) in [5, 5.41) is 48.8. The molecule has 0 aromatic heterocycles. The third-order valence-electron chi connectivity index (χ3n) is 4.73. The summed E-state index contributed by atoms with van der Waals surface area (Å²) in [7, 11) is 0. The van der Waals surface area contributed by atoms with Crippen molar-refractivity contribution in [3.63, 3.8) is 0 Å². The molecule has 132 valence electrons. The Kier molecular flexibility index (Phi) is 9.47. The fourth-order valence-corrected chi connectivity index (χ4v) is 3.30. The summed E-state index contributed by atoms with van der Waals surface area (Å²) < 4.78 is 0. The summed E-state index contributed by atoms with van der Waals surface area (Å²) in [5.74, 6) is 0. The maximum Gasteiger partial charge on any atom is 0.109 e. The summed E-state index contributed by atoms with van der Waals surface area (Å²) in [4.78, 5) is 1.74. The van der Waals surface area contributed by atoms with E-state index in [9.17, 15) is 25.5 Å². The van der Waals surface area contributed by atoms with Gasteiger partial charge in [-0.25, -0.2) is 0 Å². The molecule has 1 rings (SSSR count). The van der Waals surface area contributed by atoms with E-state index < -0.39 is 30.4 Å². The van der Waals surface area contributed by atoms with Crippen LogP contribution >= 0.6 is 0 Å². The van der Waals surface area contributed by atoms with Crippen LogP contribution in [0.3, 0.4) is 0 Å². The smallest absolute Gasteiger partial charge is 0.109 e. The van der Waals surface area contributed by atoms with Crippen molar-refractivity contribution in [1.29, 1.82) is 0 Å². The second kappa shape index (κ2) is 10.5. The summed E-state index contributed by atoms with van der Waals surface area (Å²) in [6.45, 7) is 2.16. The Balaban J connectivity index is 2.46. The topological polar surface area (TPSA) is 104 Å². The van der Waals surface area contributed by atoms with Crippen LogP contribution in [0.15, 0.2) is 0 Å². The number of hydrogen-bond donors (Lipinski definition) is 5. The van der Waals surface area contributed by atoms with Gasteiger partial charge in [-0.2, -0.15) is 0 Å². The molecule has 0 bridgehead atoms. The number of likely N-dealkylation sites (tertiary alicyclic amines) is 1. The lowest BCUT2D eigenvalue weighted by Gasteiger charge is -2.48. The third-order valence-corrected chi connectivity index (χ3v) is 4.73. The Morgan fingerprint density at radius 2 is 1.14 bits per heavy atom. The van der Waals surface area contributed by atoms with E-state index in [1.165, 1.54) is 25.7 Å². The van der Waals surface area contributed by atoms with E-state index in [1.54, 1.807) is 4.90 Å². The zero-order valence-corrected chi connectivity index (χ0v) is 13.6. The minimum absolute atomic E-state index is 0.308. The van der Waals surface area contributed by atoms with Crippen LogP contribution < -0.4 is 0 Å². The largest absolute Gasteiger partial charge is 0.395 e. The van der Waals surface area contributed by atoms with Gasteiger partial charge in [-0.3, -0.25) is 4.90 Å². The molecule has 0 spiro atoms. The predicted octanol–water partition coefficient (Wildman–Crippen LogP) is -0.143. The number of nitrogens with zero attached hydrogens (tertiary/aromatic N) is 1. The highest BCUT2D eigenvalue weighted by Gasteiger charge is 2.46. The second-order valence-electron chi connectivity index (χ2n) is 6.33. The highest BCUT2D eigenvalue weighted by molar-refractivity contribution is 5.00. The van der Waals surface area contributed by atoms with Crippen LogP contribution in [0.25, 0.3) is 0 Å². The molecule has 22 heavy (non-hydrogen) atoms. The zero-order valence-electron chi connectivity index (χ0n) is 13.6. The van der Waals surface area contributed by atoms with E-state index in [0.29, 0.717) is 6.54 Å². The third kappa shape index (κ3) is 5.15. The number of hydrogen-bond acceptors (Lipinski definition) is 6. The molecule has 1 heterocycles. The van der Waals surface area contributed by atoms with Gasteiger partial charge in [0.05, 0.1) is 25.3 Å². The first kappa shape index (κ1) is 19.8. The quantitative estimate of drug-likeness (QED) is 0.359. The van der Waals surface area contributed by atoms with Crippen molar-refractivity contribution in [2.24, 2.45) is 0 Å². The van der Waals surface area contributed by atoms with Gasteiger partial charge in [0, 0.05) is 0 Å². The molecule has 0 aromatic carbocycles. The van der Waals surface area contributed by atoms with Crippen molar-refractivity contribution >= 4 is 0 Å². The molecular weight excluding hydrogens is 286 g/mol. The van der Waals surface area contributed by atoms with Gasteiger partial charge >= 0.3 is 0 Å². The van der Waals surface area contributed by atoms with Crippen molar-refractivity contribution in [3.05, 3.63) is 0 Å². The van der Waals surface area contributed by atoms with E-state index in [1.807, 2.05) is 0 Å². The molecular formula is C16H33NO5. The number of rotatable bonds is 10. The molecule has 4 unspecified atom stereocenters. The summed E-state index contributed by atoms with van der Waals surface area (Å²) >= 11 is 0. The van der Waals surface area contributed by atoms with Crippen LogP contribution in [0.1, 0.15) is 51.9 Å². The van der Waals surface area contributed by atoms with Crippen LogP contribution in [0.5, 0.6) is 0 Å². The number of aliphatic hydroxyl groups is 5. The van der Waals surface area contributed by atoms with Crippen LogP contribution in [0.4, 0.5) is 0 Å². The van der Waals surface area contributed by atoms with E-state index in [-0.39, 0.29) is 13.2 Å². The maximum absolute atomic E-state index is 10.00. The van der Waals surface area contributed by atoms with Gasteiger partial charge in [-0.05, 0) is 13.0 Å². The molecule has 1 aliphatic heterocycles. The lowest BCUT2D eigenvalue weighted by molar-refractivity contribution is -0.177. The summed E-state index contributed by atoms with van der Waals surface area (Å²) in [5.41, 5.74) is 0. The van der Waals surface area contributed by atoms with Gasteiger partial charge in [0.15, 0.2) is 0 Å². The highest BCUT2D eigenvalue weighted by atomic mass is 16.4. The van der Waals surface area contributed by atoms with E-state index in [4.69, 9.17) is 0 Å². The highest BCUT2D eigenvalue weighted by Crippen LogP contribution is 2.25. The average Bonchev–Trinajstić information content (AvgIpc) is 2.52. The molecule has 6 heteroatoms. The molecule has 5 N–H and O–H groups in total. The van der Waals surface area contributed by atoms with Crippen LogP contribution in [0.2, 0.25) is 0 Å². The Hall–Kier alpha value is -0.240. The number of aliphatic hydroxyl groups excluding tert-OH is 5. The monoisotopic (exact) mass is 319 g/mol. The molecule has 0 radical (unpaired) electrons. The standard InChI is InChI=1S/C16H33NO5/c1-2-3-4-5-6-7-8-9-17-12(10-18)14(20)16(22)15(21)13(17)11-19/h12-16,18-22H,2-11H2,1H3. The van der Waals surface area contributed by atoms with Gasteiger partial charge in [0.2, 0.25) is 0 Å². The molecule has 1 saturated heterocycles. The molecule has 1 fully saturated rings. The van der Waals surface area contributed by atoms with Crippen molar-refractivity contribution in [3.8, 4) is 0 Å². The van der Waals surface area contributed by atoms with Gasteiger partial charge in [0.1, 0.15) is 18.3 Å². The van der Waals surface area contributed by atoms with Gasteiger partial charge in [0.25, 0.3) is 0 Å². The molecule has 1 aliphatic rings. The minimum Gasteiger partial charge on any atom is -0.395 e. The van der Waals surface area contributed by atoms with E-state index >= 15 is 0 Å². The summed E-state index contributed by atoms with van der Waals surface area (Å²) in [6.07, 6.45) is 4.30. The normalized spacial score (nSPS) is 33.3. The first-order valence-corrected chi connectivity index (χ1v) is 8.60. The lowest BCUT2D eigenvalue weighted by Crippen LogP contribution is -2.68. The Morgan fingerprint density at radius 3 is 1.59 bits per heavy atom. The zero-order chi connectivity index (χ0) is 16.5. The molecule has 0 aliphatic carbocycles. The molecule has 0 saturated carbocycles. The lowest BCUT2D eigenvalue weighted by atomic mass is 9.88. The Labute approximate surface area is 133 Å². The molecule has 6 nitrogen and oxygen atoms in total. The predicted molar refractivity (Wildman–Crippen MR) is 84.5 cm³/mol. The SMILES string of the molecule is CCCCCCCCCN1C(CO)C(O)C(O)C(O)C1CO. The van der Waals surface area contributed by atoms with E-state index in [0.717, 1.165) is 19.3 Å². The molecule has 0 aromatic rings. The Bertz CT molecular complexity index is 274. The van der Waals surface area contributed by atoms with E-state index in [2.05, 4.69) is 6.92 Å². The molecule has 0 amide bonds. The second-order valence-corrected chi connectivity index (χ2v) is 6.33. The number of unbranched alkanes of at least 4 members (excludes halogenated alkanes) is 6. The van der Waals surface area contributed by atoms with Crippen molar-refractivity contribution in [2.75, 3.05) is 19.8 Å². The van der Waals surface area contributed by atoms with Gasteiger partial charge in [-0.1, -0.05) is 45.4 Å². The summed E-state index contributed by atoms with van der Waals surface area (Å²) in [6, 6.07) is -1.29. The minimum atomic E-state index is -1.33. The van der Waals surface area contributed by atoms with Crippen molar-refractivity contribution < 1.29 is 25.5 Å². The number of piperidine rings is 1. The van der Waals surface area contributed by atoms with Crippen molar-refractivity contribution in [1.82, 2.24) is 4.90 Å². The average molecular weight is 319 g/mol. The maximum atomic E-state index is 10.00. The fourth-order valence-electron chi connectivity index (χ4n) is 3.30. The first-order chi connectivity index (χ1) is 10.6. The molecule has 4 atom stereocenters. The van der Waals surface area contributed by atoms with Gasteiger partial charge < -0.3 is 25.5 Å². The van der Waals surface area contributed by atoms with Crippen LogP contribution in [-0.2, 0) is 0 Å². The van der Waals surface area contributed by atoms with Crippen LogP contribution in [-0.4, -0.2) is 80.6 Å².